The van der Waals surface area contributed by atoms with Crippen molar-refractivity contribution in [2.24, 2.45) is 0 Å². The molecule has 0 radical (unpaired) electrons. The SMILES string of the molecule is C=C.C=C/C(=C\CC)N(C)c1ccc(N(c2ccccc2)C2C=CC=CC2)cc1.CC. The molecule has 0 N–H and O–H groups in total. The molecule has 0 amide bonds. The Hall–Kier alpha value is -3.26. The Morgan fingerprint density at radius 2 is 1.52 bits per heavy atom. The van der Waals surface area contributed by atoms with Crippen molar-refractivity contribution in [2.75, 3.05) is 16.8 Å². The van der Waals surface area contributed by atoms with Crippen molar-refractivity contribution in [3.63, 3.8) is 0 Å². The number of hydrogen-bond donors (Lipinski definition) is 0. The van der Waals surface area contributed by atoms with Crippen molar-refractivity contribution in [3.05, 3.63) is 116 Å². The second-order valence-corrected chi connectivity index (χ2v) is 6.64. The maximum absolute atomic E-state index is 3.94. The molecule has 0 heterocycles. The van der Waals surface area contributed by atoms with Crippen LogP contribution in [0.5, 0.6) is 0 Å². The van der Waals surface area contributed by atoms with Crippen LogP contribution in [0.1, 0.15) is 33.6 Å². The molecule has 2 nitrogen and oxygen atoms in total. The van der Waals surface area contributed by atoms with E-state index in [9.17, 15) is 0 Å². The van der Waals surface area contributed by atoms with Gasteiger partial charge in [0.15, 0.2) is 0 Å². The van der Waals surface area contributed by atoms with Crippen molar-refractivity contribution in [1.29, 1.82) is 0 Å². The number of anilines is 3. The fraction of sp³-hybridized carbons (Fsp3) is 0.241. The second kappa shape index (κ2) is 14.7. The van der Waals surface area contributed by atoms with Crippen LogP contribution in [0.3, 0.4) is 0 Å². The Morgan fingerprint density at radius 3 is 2.03 bits per heavy atom. The quantitative estimate of drug-likeness (QED) is 0.331. The van der Waals surface area contributed by atoms with Gasteiger partial charge in [-0.1, -0.05) is 75.9 Å². The van der Waals surface area contributed by atoms with Crippen LogP contribution in [0.2, 0.25) is 0 Å². The van der Waals surface area contributed by atoms with Crippen molar-refractivity contribution in [2.45, 2.75) is 39.7 Å². The largest absolute Gasteiger partial charge is 0.345 e. The van der Waals surface area contributed by atoms with Gasteiger partial charge in [-0.25, -0.2) is 0 Å². The van der Waals surface area contributed by atoms with E-state index < -0.39 is 0 Å². The van der Waals surface area contributed by atoms with Gasteiger partial charge in [0, 0.05) is 29.8 Å². The molecule has 0 aliphatic heterocycles. The van der Waals surface area contributed by atoms with Gasteiger partial charge in [-0.3, -0.25) is 0 Å². The van der Waals surface area contributed by atoms with E-state index in [-0.39, 0.29) is 0 Å². The van der Waals surface area contributed by atoms with Crippen LogP contribution in [-0.2, 0) is 0 Å². The number of likely N-dealkylation sites (N-methyl/N-ethyl adjacent to an activating group) is 1. The van der Waals surface area contributed by atoms with Crippen molar-refractivity contribution < 1.29 is 0 Å². The van der Waals surface area contributed by atoms with Crippen molar-refractivity contribution in [3.8, 4) is 0 Å². The molecule has 1 aliphatic rings. The molecule has 0 fully saturated rings. The minimum atomic E-state index is 0.324. The Balaban J connectivity index is 0.00000113. The number of benzene rings is 2. The van der Waals surface area contributed by atoms with Crippen molar-refractivity contribution >= 4 is 17.1 Å². The van der Waals surface area contributed by atoms with Crippen LogP contribution >= 0.6 is 0 Å². The van der Waals surface area contributed by atoms with Gasteiger partial charge in [-0.15, -0.1) is 13.2 Å². The van der Waals surface area contributed by atoms with E-state index in [1.165, 1.54) is 11.4 Å². The summed E-state index contributed by atoms with van der Waals surface area (Å²) in [7, 11) is 2.09. The molecule has 0 saturated heterocycles. The highest BCUT2D eigenvalue weighted by molar-refractivity contribution is 5.68. The van der Waals surface area contributed by atoms with Gasteiger partial charge in [0.25, 0.3) is 0 Å². The van der Waals surface area contributed by atoms with E-state index in [4.69, 9.17) is 0 Å². The normalized spacial score (nSPS) is 14.5. The lowest BCUT2D eigenvalue weighted by Crippen LogP contribution is -2.29. The zero-order valence-electron chi connectivity index (χ0n) is 19.7. The summed E-state index contributed by atoms with van der Waals surface area (Å²) in [6.07, 6.45) is 14.9. The van der Waals surface area contributed by atoms with E-state index in [0.717, 1.165) is 24.2 Å². The fourth-order valence-electron chi connectivity index (χ4n) is 3.43. The third-order valence-electron chi connectivity index (χ3n) is 4.85. The predicted molar refractivity (Wildman–Crippen MR) is 141 cm³/mol. The average Bonchev–Trinajstić information content (AvgIpc) is 2.86. The van der Waals surface area contributed by atoms with E-state index in [0.29, 0.717) is 6.04 Å². The topological polar surface area (TPSA) is 6.48 Å². The molecule has 1 atom stereocenters. The third-order valence-corrected chi connectivity index (χ3v) is 4.85. The molecule has 2 aromatic rings. The van der Waals surface area contributed by atoms with Gasteiger partial charge >= 0.3 is 0 Å². The maximum atomic E-state index is 3.94. The summed E-state index contributed by atoms with van der Waals surface area (Å²) in [4.78, 5) is 4.58. The van der Waals surface area contributed by atoms with Crippen LogP contribution in [0.15, 0.2) is 116 Å². The number of allylic oxidation sites excluding steroid dienone is 4. The zero-order valence-corrected chi connectivity index (χ0v) is 19.7. The smallest absolute Gasteiger partial charge is 0.0559 e. The minimum absolute atomic E-state index is 0.324. The molecule has 0 spiro atoms. The highest BCUT2D eigenvalue weighted by atomic mass is 15.2. The van der Waals surface area contributed by atoms with E-state index in [1.807, 2.05) is 19.9 Å². The maximum Gasteiger partial charge on any atom is 0.0559 e. The summed E-state index contributed by atoms with van der Waals surface area (Å²) in [6.45, 7) is 16.1. The van der Waals surface area contributed by atoms with Gasteiger partial charge in [-0.2, -0.15) is 0 Å². The minimum Gasteiger partial charge on any atom is -0.345 e. The molecule has 164 valence electrons. The number of rotatable bonds is 7. The Morgan fingerprint density at radius 1 is 0.935 bits per heavy atom. The summed E-state index contributed by atoms with van der Waals surface area (Å²) in [5.74, 6) is 0. The first kappa shape index (κ1) is 25.8. The summed E-state index contributed by atoms with van der Waals surface area (Å²) in [6, 6.07) is 19.7. The summed E-state index contributed by atoms with van der Waals surface area (Å²) in [5.41, 5.74) is 4.69. The summed E-state index contributed by atoms with van der Waals surface area (Å²) < 4.78 is 0. The monoisotopic (exact) mass is 414 g/mol. The Kier molecular flexibility index (Phi) is 12.2. The van der Waals surface area contributed by atoms with Crippen LogP contribution in [0.25, 0.3) is 0 Å². The molecule has 1 unspecified atom stereocenters. The number of para-hydroxylation sites is 1. The van der Waals surface area contributed by atoms with Gasteiger partial charge in [0.05, 0.1) is 6.04 Å². The number of nitrogens with zero attached hydrogens (tertiary/aromatic N) is 2. The molecular weight excluding hydrogens is 376 g/mol. The molecule has 0 aromatic heterocycles. The van der Waals surface area contributed by atoms with Crippen LogP contribution in [0, 0.1) is 0 Å². The molecule has 0 bridgehead atoms. The first-order valence-electron chi connectivity index (χ1n) is 11.1. The van der Waals surface area contributed by atoms with Crippen LogP contribution < -0.4 is 9.80 Å². The lowest BCUT2D eigenvalue weighted by molar-refractivity contribution is 0.785. The lowest BCUT2D eigenvalue weighted by atomic mass is 10.0. The standard InChI is InChI=1S/C25H28N2.C2H6.C2H4/c1-4-12-21(5-2)26(3)22-17-19-25(20-18-22)27(23-13-8-6-9-14-23)24-15-10-7-11-16-24;2*1-2/h5-15,17-20,24H,2,4,16H2,1,3H3;1-2H3;1-2H2/b21-12+;;. The highest BCUT2D eigenvalue weighted by Crippen LogP contribution is 2.32. The van der Waals surface area contributed by atoms with E-state index in [2.05, 4.69) is 128 Å². The van der Waals surface area contributed by atoms with Crippen LogP contribution in [-0.4, -0.2) is 13.1 Å². The highest BCUT2D eigenvalue weighted by Gasteiger charge is 2.19. The van der Waals surface area contributed by atoms with Gasteiger partial charge in [0.1, 0.15) is 0 Å². The number of hydrogen-bond acceptors (Lipinski definition) is 2. The fourth-order valence-corrected chi connectivity index (χ4v) is 3.43. The molecule has 1 aliphatic carbocycles. The Labute approximate surface area is 190 Å². The third kappa shape index (κ3) is 7.18. The average molecular weight is 415 g/mol. The van der Waals surface area contributed by atoms with Gasteiger partial charge in [0.2, 0.25) is 0 Å². The van der Waals surface area contributed by atoms with E-state index >= 15 is 0 Å². The molecular formula is C29H38N2. The van der Waals surface area contributed by atoms with Gasteiger partial charge < -0.3 is 9.80 Å². The molecule has 31 heavy (non-hydrogen) atoms. The van der Waals surface area contributed by atoms with E-state index in [1.54, 1.807) is 0 Å². The molecule has 2 heteroatoms. The molecule has 3 rings (SSSR count). The Bertz CT molecular complexity index is 844. The molecule has 0 saturated carbocycles. The second-order valence-electron chi connectivity index (χ2n) is 6.64. The first-order valence-corrected chi connectivity index (χ1v) is 11.1. The zero-order chi connectivity index (χ0) is 23.1. The first-order chi connectivity index (χ1) is 15.2. The van der Waals surface area contributed by atoms with Crippen LogP contribution in [0.4, 0.5) is 17.1 Å². The van der Waals surface area contributed by atoms with Gasteiger partial charge in [-0.05, 0) is 55.3 Å². The molecule has 2 aromatic carbocycles. The summed E-state index contributed by atoms with van der Waals surface area (Å²) in [5, 5.41) is 0. The predicted octanol–water partition coefficient (Wildman–Crippen LogP) is 8.45. The van der Waals surface area contributed by atoms with Crippen molar-refractivity contribution in [1.82, 2.24) is 0 Å². The summed E-state index contributed by atoms with van der Waals surface area (Å²) >= 11 is 0. The lowest BCUT2D eigenvalue weighted by Gasteiger charge is -2.33.